The first-order chi connectivity index (χ1) is 8.69. The highest BCUT2D eigenvalue weighted by atomic mass is 79.9. The predicted molar refractivity (Wildman–Crippen MR) is 79.5 cm³/mol. The van der Waals surface area contributed by atoms with Crippen LogP contribution < -0.4 is 10.1 Å². The lowest BCUT2D eigenvalue weighted by Crippen LogP contribution is -1.99. The van der Waals surface area contributed by atoms with Gasteiger partial charge in [-0.25, -0.2) is 0 Å². The van der Waals surface area contributed by atoms with Crippen molar-refractivity contribution >= 4 is 33.2 Å². The zero-order chi connectivity index (χ0) is 13.0. The Kier molecular flexibility index (Phi) is 4.50. The van der Waals surface area contributed by atoms with Gasteiger partial charge in [-0.3, -0.25) is 0 Å². The van der Waals surface area contributed by atoms with Gasteiger partial charge in [-0.1, -0.05) is 33.6 Å². The Hall–Kier alpha value is -1.19. The van der Waals surface area contributed by atoms with E-state index in [-0.39, 0.29) is 0 Å². The first kappa shape index (κ1) is 13.2. The summed E-state index contributed by atoms with van der Waals surface area (Å²) in [6.45, 7) is 0.728. The number of anilines is 1. The maximum Gasteiger partial charge on any atom is 0.137 e. The minimum atomic E-state index is 0.632. The Morgan fingerprint density at radius 3 is 2.50 bits per heavy atom. The lowest BCUT2D eigenvalue weighted by atomic mass is 10.2. The maximum atomic E-state index is 6.07. The van der Waals surface area contributed by atoms with Crippen LogP contribution in [0.3, 0.4) is 0 Å². The van der Waals surface area contributed by atoms with Crippen molar-refractivity contribution in [3.05, 3.63) is 57.5 Å². The zero-order valence-corrected chi connectivity index (χ0v) is 12.3. The molecule has 18 heavy (non-hydrogen) atoms. The van der Waals surface area contributed by atoms with Crippen molar-refractivity contribution in [2.24, 2.45) is 0 Å². The molecule has 0 amide bonds. The zero-order valence-electron chi connectivity index (χ0n) is 9.91. The molecule has 2 nitrogen and oxygen atoms in total. The highest BCUT2D eigenvalue weighted by Crippen LogP contribution is 2.25. The van der Waals surface area contributed by atoms with Crippen LogP contribution in [0, 0.1) is 0 Å². The van der Waals surface area contributed by atoms with E-state index in [1.165, 1.54) is 0 Å². The van der Waals surface area contributed by atoms with Crippen molar-refractivity contribution in [1.82, 2.24) is 0 Å². The van der Waals surface area contributed by atoms with Gasteiger partial charge in [-0.05, 0) is 42.0 Å². The van der Waals surface area contributed by atoms with Crippen LogP contribution >= 0.6 is 27.5 Å². The first-order valence-electron chi connectivity index (χ1n) is 5.51. The Labute approximate surface area is 120 Å². The summed E-state index contributed by atoms with van der Waals surface area (Å²) in [7, 11) is 1.61. The second-order valence-corrected chi connectivity index (χ2v) is 5.15. The summed E-state index contributed by atoms with van der Waals surface area (Å²) in [5.41, 5.74) is 2.19. The third-order valence-electron chi connectivity index (χ3n) is 2.56. The quantitative estimate of drug-likeness (QED) is 0.877. The standard InChI is InChI=1S/C14H13BrClNO/c1-18-14-7-2-10(8-13(14)16)9-17-12-5-3-11(15)4-6-12/h2-8,17H,9H2,1H3. The van der Waals surface area contributed by atoms with Gasteiger partial charge in [0.05, 0.1) is 12.1 Å². The van der Waals surface area contributed by atoms with Crippen molar-refractivity contribution in [2.45, 2.75) is 6.54 Å². The van der Waals surface area contributed by atoms with Crippen molar-refractivity contribution < 1.29 is 4.74 Å². The Morgan fingerprint density at radius 2 is 1.89 bits per heavy atom. The fraction of sp³-hybridized carbons (Fsp3) is 0.143. The molecule has 0 aliphatic carbocycles. The molecule has 0 bridgehead atoms. The molecule has 0 spiro atoms. The van der Waals surface area contributed by atoms with Crippen LogP contribution in [0.2, 0.25) is 5.02 Å². The second-order valence-electron chi connectivity index (χ2n) is 3.83. The van der Waals surface area contributed by atoms with Crippen LogP contribution in [0.1, 0.15) is 5.56 Å². The van der Waals surface area contributed by atoms with Crippen LogP contribution in [-0.4, -0.2) is 7.11 Å². The van der Waals surface area contributed by atoms with Gasteiger partial charge in [0.15, 0.2) is 0 Å². The Bertz CT molecular complexity index is 528. The number of hydrogen-bond donors (Lipinski definition) is 1. The molecule has 0 radical (unpaired) electrons. The molecule has 1 N–H and O–H groups in total. The maximum absolute atomic E-state index is 6.07. The summed E-state index contributed by atoms with van der Waals surface area (Å²) in [6.07, 6.45) is 0. The summed E-state index contributed by atoms with van der Waals surface area (Å²) in [4.78, 5) is 0. The SMILES string of the molecule is COc1ccc(CNc2ccc(Br)cc2)cc1Cl. The lowest BCUT2D eigenvalue weighted by molar-refractivity contribution is 0.415. The van der Waals surface area contributed by atoms with Crippen LogP contribution in [0.15, 0.2) is 46.9 Å². The summed E-state index contributed by atoms with van der Waals surface area (Å²) < 4.78 is 6.19. The number of hydrogen-bond acceptors (Lipinski definition) is 2. The van der Waals surface area contributed by atoms with Gasteiger partial charge in [-0.2, -0.15) is 0 Å². The van der Waals surface area contributed by atoms with Gasteiger partial charge >= 0.3 is 0 Å². The third kappa shape index (κ3) is 3.40. The highest BCUT2D eigenvalue weighted by Gasteiger charge is 2.01. The van der Waals surface area contributed by atoms with Crippen LogP contribution in [0.5, 0.6) is 5.75 Å². The number of methoxy groups -OCH3 is 1. The number of rotatable bonds is 4. The lowest BCUT2D eigenvalue weighted by Gasteiger charge is -2.08. The molecule has 0 fully saturated rings. The van der Waals surface area contributed by atoms with Gasteiger partial charge in [-0.15, -0.1) is 0 Å². The molecule has 2 rings (SSSR count). The number of halogens is 2. The van der Waals surface area contributed by atoms with Gasteiger partial charge in [0.25, 0.3) is 0 Å². The van der Waals surface area contributed by atoms with E-state index in [1.807, 2.05) is 42.5 Å². The molecule has 0 saturated carbocycles. The van der Waals surface area contributed by atoms with Crippen molar-refractivity contribution in [2.75, 3.05) is 12.4 Å². The van der Waals surface area contributed by atoms with Crippen molar-refractivity contribution in [3.63, 3.8) is 0 Å². The average molecular weight is 327 g/mol. The smallest absolute Gasteiger partial charge is 0.137 e. The Balaban J connectivity index is 2.02. The molecule has 2 aromatic rings. The summed E-state index contributed by atoms with van der Waals surface area (Å²) in [5.74, 6) is 0.698. The summed E-state index contributed by atoms with van der Waals surface area (Å²) in [6, 6.07) is 13.8. The number of nitrogens with one attached hydrogen (secondary N) is 1. The molecular formula is C14H13BrClNO. The molecule has 2 aromatic carbocycles. The van der Waals surface area contributed by atoms with E-state index in [9.17, 15) is 0 Å². The van der Waals surface area contributed by atoms with Crippen molar-refractivity contribution in [3.8, 4) is 5.75 Å². The minimum Gasteiger partial charge on any atom is -0.495 e. The molecule has 0 aliphatic rings. The Morgan fingerprint density at radius 1 is 1.17 bits per heavy atom. The van der Waals surface area contributed by atoms with E-state index in [1.54, 1.807) is 7.11 Å². The van der Waals surface area contributed by atoms with Crippen LogP contribution in [-0.2, 0) is 6.54 Å². The summed E-state index contributed by atoms with van der Waals surface area (Å²) in [5, 5.41) is 3.96. The monoisotopic (exact) mass is 325 g/mol. The molecule has 0 unspecified atom stereocenters. The number of ether oxygens (including phenoxy) is 1. The molecule has 0 aromatic heterocycles. The van der Waals surface area contributed by atoms with E-state index < -0.39 is 0 Å². The topological polar surface area (TPSA) is 21.3 Å². The highest BCUT2D eigenvalue weighted by molar-refractivity contribution is 9.10. The first-order valence-corrected chi connectivity index (χ1v) is 6.68. The molecule has 0 aliphatic heterocycles. The predicted octanol–water partition coefficient (Wildman–Crippen LogP) is 4.72. The fourth-order valence-electron chi connectivity index (χ4n) is 1.59. The summed E-state index contributed by atoms with van der Waals surface area (Å²) >= 11 is 9.48. The molecule has 94 valence electrons. The van der Waals surface area contributed by atoms with E-state index in [0.717, 1.165) is 22.3 Å². The average Bonchev–Trinajstić information content (AvgIpc) is 2.38. The molecule has 0 saturated heterocycles. The fourth-order valence-corrected chi connectivity index (χ4v) is 2.14. The molecule has 4 heteroatoms. The van der Waals surface area contributed by atoms with E-state index >= 15 is 0 Å². The van der Waals surface area contributed by atoms with Crippen molar-refractivity contribution in [1.29, 1.82) is 0 Å². The van der Waals surface area contributed by atoms with E-state index in [2.05, 4.69) is 21.2 Å². The molecular weight excluding hydrogens is 314 g/mol. The van der Waals surface area contributed by atoms with Gasteiger partial charge in [0.1, 0.15) is 5.75 Å². The largest absolute Gasteiger partial charge is 0.495 e. The van der Waals surface area contributed by atoms with E-state index in [0.29, 0.717) is 10.8 Å². The van der Waals surface area contributed by atoms with Gasteiger partial charge < -0.3 is 10.1 Å². The van der Waals surface area contributed by atoms with Gasteiger partial charge in [0, 0.05) is 16.7 Å². The van der Waals surface area contributed by atoms with Crippen LogP contribution in [0.4, 0.5) is 5.69 Å². The molecule has 0 heterocycles. The van der Waals surface area contributed by atoms with Crippen LogP contribution in [0.25, 0.3) is 0 Å². The molecule has 0 atom stereocenters. The van der Waals surface area contributed by atoms with E-state index in [4.69, 9.17) is 16.3 Å². The number of benzene rings is 2. The second kappa shape index (κ2) is 6.12. The van der Waals surface area contributed by atoms with Gasteiger partial charge in [0.2, 0.25) is 0 Å². The third-order valence-corrected chi connectivity index (χ3v) is 3.38. The normalized spacial score (nSPS) is 10.2. The minimum absolute atomic E-state index is 0.632.